The number of rotatable bonds is 2. The minimum absolute atomic E-state index is 0.209. The molecule has 3 nitrogen and oxygen atoms in total. The molecule has 2 aromatic rings. The van der Waals surface area contributed by atoms with Crippen molar-refractivity contribution in [3.63, 3.8) is 0 Å². The highest BCUT2D eigenvalue weighted by Gasteiger charge is 2.02. The Morgan fingerprint density at radius 2 is 2.27 bits per heavy atom. The van der Waals surface area contributed by atoms with E-state index in [9.17, 15) is 4.39 Å². The second-order valence-corrected chi connectivity index (χ2v) is 4.22. The van der Waals surface area contributed by atoms with E-state index in [1.165, 1.54) is 17.4 Å². The highest BCUT2D eigenvalue weighted by molar-refractivity contribution is 7.19. The highest BCUT2D eigenvalue weighted by Crippen LogP contribution is 2.24. The Balaban J connectivity index is 2.21. The first-order valence-electron chi connectivity index (χ1n) is 4.39. The summed E-state index contributed by atoms with van der Waals surface area (Å²) in [4.78, 5) is 4.05. The lowest BCUT2D eigenvalue weighted by atomic mass is 10.2. The summed E-state index contributed by atoms with van der Waals surface area (Å²) in [6.07, 6.45) is 1.59. The third kappa shape index (κ3) is 2.24. The van der Waals surface area contributed by atoms with E-state index in [2.05, 4.69) is 10.3 Å². The van der Waals surface area contributed by atoms with Crippen molar-refractivity contribution < 1.29 is 4.39 Å². The number of nitrogens with zero attached hydrogens (tertiary/aromatic N) is 1. The average Bonchev–Trinajstić information content (AvgIpc) is 2.58. The Bertz CT molecular complexity index is 481. The normalized spacial score (nSPS) is 10.3. The third-order valence-corrected chi connectivity index (χ3v) is 2.67. The number of halogens is 1. The van der Waals surface area contributed by atoms with Crippen molar-refractivity contribution in [2.24, 2.45) is 0 Å². The van der Waals surface area contributed by atoms with Crippen LogP contribution in [0.3, 0.4) is 0 Å². The van der Waals surface area contributed by atoms with Crippen LogP contribution in [0.2, 0.25) is 0 Å². The minimum Gasteiger partial charge on any atom is -0.389 e. The molecular formula is C10H10FN3S. The van der Waals surface area contributed by atoms with Crippen molar-refractivity contribution in [2.45, 2.75) is 6.92 Å². The quantitative estimate of drug-likeness (QED) is 0.823. The molecule has 0 fully saturated rings. The highest BCUT2D eigenvalue weighted by atomic mass is 32.1. The van der Waals surface area contributed by atoms with Gasteiger partial charge in [-0.15, -0.1) is 0 Å². The molecule has 0 atom stereocenters. The fraction of sp³-hybridized carbons (Fsp3) is 0.100. The van der Waals surface area contributed by atoms with Crippen LogP contribution in [0.4, 0.5) is 20.2 Å². The fourth-order valence-corrected chi connectivity index (χ4v) is 1.79. The third-order valence-electron chi connectivity index (χ3n) is 1.93. The largest absolute Gasteiger partial charge is 0.389 e. The van der Waals surface area contributed by atoms with Crippen molar-refractivity contribution in [3.8, 4) is 0 Å². The molecule has 0 amide bonds. The van der Waals surface area contributed by atoms with E-state index in [1.807, 2.05) is 0 Å². The standard InChI is InChI=1S/C10H10FN3S/c1-6-4-7(2-3-8(6)11)14-10-13-5-9(12)15-10/h2-5H,12H2,1H3,(H,13,14). The molecule has 0 radical (unpaired) electrons. The fourth-order valence-electron chi connectivity index (χ4n) is 1.19. The second kappa shape index (κ2) is 3.86. The summed E-state index contributed by atoms with van der Waals surface area (Å²) in [6.45, 7) is 1.72. The van der Waals surface area contributed by atoms with Crippen LogP contribution in [0.15, 0.2) is 24.4 Å². The van der Waals surface area contributed by atoms with Gasteiger partial charge in [-0.1, -0.05) is 11.3 Å². The molecule has 3 N–H and O–H groups in total. The molecule has 0 aliphatic heterocycles. The minimum atomic E-state index is -0.209. The Morgan fingerprint density at radius 1 is 1.47 bits per heavy atom. The van der Waals surface area contributed by atoms with Crippen LogP contribution in [0, 0.1) is 12.7 Å². The maximum atomic E-state index is 13.0. The first kappa shape index (κ1) is 9.92. The van der Waals surface area contributed by atoms with Gasteiger partial charge in [0.15, 0.2) is 5.13 Å². The molecule has 0 saturated carbocycles. The van der Waals surface area contributed by atoms with Crippen LogP contribution in [0.1, 0.15) is 5.56 Å². The molecule has 0 bridgehead atoms. The topological polar surface area (TPSA) is 50.9 Å². The molecule has 15 heavy (non-hydrogen) atoms. The predicted octanol–water partition coefficient (Wildman–Crippen LogP) is 2.92. The Morgan fingerprint density at radius 3 is 2.87 bits per heavy atom. The zero-order chi connectivity index (χ0) is 10.8. The van der Waals surface area contributed by atoms with Gasteiger partial charge in [0.2, 0.25) is 0 Å². The number of hydrogen-bond donors (Lipinski definition) is 2. The van der Waals surface area contributed by atoms with E-state index in [1.54, 1.807) is 25.3 Å². The molecule has 0 saturated heterocycles. The number of benzene rings is 1. The van der Waals surface area contributed by atoms with Gasteiger partial charge in [0.05, 0.1) is 6.20 Å². The van der Waals surface area contributed by atoms with Crippen LogP contribution in [0.25, 0.3) is 0 Å². The van der Waals surface area contributed by atoms with Gasteiger partial charge < -0.3 is 11.1 Å². The van der Waals surface area contributed by atoms with Gasteiger partial charge in [0, 0.05) is 5.69 Å². The van der Waals surface area contributed by atoms with E-state index in [0.717, 1.165) is 5.69 Å². The van der Waals surface area contributed by atoms with Crippen LogP contribution in [-0.2, 0) is 0 Å². The van der Waals surface area contributed by atoms with Crippen molar-refractivity contribution in [2.75, 3.05) is 11.1 Å². The predicted molar refractivity (Wildman–Crippen MR) is 60.9 cm³/mol. The van der Waals surface area contributed by atoms with Crippen molar-refractivity contribution in [1.82, 2.24) is 4.98 Å². The molecule has 0 unspecified atom stereocenters. The number of nitrogens with two attached hydrogens (primary N) is 1. The molecule has 78 valence electrons. The maximum Gasteiger partial charge on any atom is 0.189 e. The first-order chi connectivity index (χ1) is 7.15. The number of nitrogen functional groups attached to an aromatic ring is 1. The summed E-state index contributed by atoms with van der Waals surface area (Å²) in [6, 6.07) is 4.82. The molecule has 1 aromatic carbocycles. The van der Waals surface area contributed by atoms with Crippen LogP contribution in [0.5, 0.6) is 0 Å². The lowest BCUT2D eigenvalue weighted by Gasteiger charge is -2.03. The summed E-state index contributed by atoms with van der Waals surface area (Å²) in [5.74, 6) is -0.209. The number of aryl methyl sites for hydroxylation is 1. The monoisotopic (exact) mass is 223 g/mol. The van der Waals surface area contributed by atoms with Gasteiger partial charge in [-0.3, -0.25) is 0 Å². The molecule has 5 heteroatoms. The van der Waals surface area contributed by atoms with E-state index in [4.69, 9.17) is 5.73 Å². The van der Waals surface area contributed by atoms with Gasteiger partial charge in [-0.25, -0.2) is 9.37 Å². The number of aromatic nitrogens is 1. The average molecular weight is 223 g/mol. The molecule has 1 heterocycles. The number of nitrogens with one attached hydrogen (secondary N) is 1. The van der Waals surface area contributed by atoms with Crippen molar-refractivity contribution in [3.05, 3.63) is 35.8 Å². The van der Waals surface area contributed by atoms with Gasteiger partial charge in [0.1, 0.15) is 10.8 Å². The molecular weight excluding hydrogens is 213 g/mol. The van der Waals surface area contributed by atoms with Gasteiger partial charge in [-0.2, -0.15) is 0 Å². The van der Waals surface area contributed by atoms with Crippen molar-refractivity contribution in [1.29, 1.82) is 0 Å². The van der Waals surface area contributed by atoms with E-state index >= 15 is 0 Å². The van der Waals surface area contributed by atoms with Crippen LogP contribution in [-0.4, -0.2) is 4.98 Å². The van der Waals surface area contributed by atoms with E-state index in [-0.39, 0.29) is 5.82 Å². The summed E-state index contributed by atoms with van der Waals surface area (Å²) in [5, 5.41) is 4.41. The summed E-state index contributed by atoms with van der Waals surface area (Å²) < 4.78 is 13.0. The van der Waals surface area contributed by atoms with Gasteiger partial charge in [-0.05, 0) is 30.7 Å². The molecule has 2 rings (SSSR count). The molecule has 0 aliphatic rings. The number of anilines is 3. The zero-order valence-electron chi connectivity index (χ0n) is 8.12. The van der Waals surface area contributed by atoms with Crippen LogP contribution >= 0.6 is 11.3 Å². The molecule has 0 aliphatic carbocycles. The van der Waals surface area contributed by atoms with Gasteiger partial charge in [0.25, 0.3) is 0 Å². The Labute approximate surface area is 90.8 Å². The SMILES string of the molecule is Cc1cc(Nc2ncc(N)s2)ccc1F. The van der Waals surface area contributed by atoms with Crippen molar-refractivity contribution >= 4 is 27.2 Å². The van der Waals surface area contributed by atoms with Gasteiger partial charge >= 0.3 is 0 Å². The zero-order valence-corrected chi connectivity index (χ0v) is 8.94. The lowest BCUT2D eigenvalue weighted by molar-refractivity contribution is 0.619. The number of thiazole rings is 1. The Kier molecular flexibility index (Phi) is 2.55. The molecule has 1 aromatic heterocycles. The Hall–Kier alpha value is -1.62. The van der Waals surface area contributed by atoms with E-state index < -0.39 is 0 Å². The molecule has 0 spiro atoms. The summed E-state index contributed by atoms with van der Waals surface area (Å²) in [5.41, 5.74) is 6.95. The lowest BCUT2D eigenvalue weighted by Crippen LogP contribution is -1.91. The van der Waals surface area contributed by atoms with Crippen LogP contribution < -0.4 is 11.1 Å². The first-order valence-corrected chi connectivity index (χ1v) is 5.21. The van der Waals surface area contributed by atoms with E-state index in [0.29, 0.717) is 15.7 Å². The summed E-state index contributed by atoms with van der Waals surface area (Å²) in [7, 11) is 0. The second-order valence-electron chi connectivity index (χ2n) is 3.16. The summed E-state index contributed by atoms with van der Waals surface area (Å²) >= 11 is 1.35. The smallest absolute Gasteiger partial charge is 0.189 e. The number of hydrogen-bond acceptors (Lipinski definition) is 4. The maximum absolute atomic E-state index is 13.0.